The van der Waals surface area contributed by atoms with E-state index in [1.54, 1.807) is 0 Å². The molecule has 2 aliphatic rings. The van der Waals surface area contributed by atoms with Gasteiger partial charge in [-0.05, 0) is 0 Å². The molecule has 0 aromatic heterocycles. The molecule has 0 aromatic carbocycles. The van der Waals surface area contributed by atoms with Crippen LogP contribution in [0.3, 0.4) is 0 Å². The van der Waals surface area contributed by atoms with Gasteiger partial charge in [-0.2, -0.15) is 0 Å². The van der Waals surface area contributed by atoms with E-state index < -0.39 is 0 Å². The summed E-state index contributed by atoms with van der Waals surface area (Å²) in [5.41, 5.74) is 0.522. The molecule has 0 bridgehead atoms. The Hall–Kier alpha value is -0.830. The largest absolute Gasteiger partial charge is 0.429 e. The van der Waals surface area contributed by atoms with Crippen LogP contribution in [0.4, 0.5) is 0 Å². The number of esters is 1. The number of rotatable bonds is 0. The van der Waals surface area contributed by atoms with Crippen LogP contribution in [-0.2, 0) is 14.3 Å². The van der Waals surface area contributed by atoms with Gasteiger partial charge in [0.1, 0.15) is 6.10 Å². The van der Waals surface area contributed by atoms with Gasteiger partial charge in [0.05, 0.1) is 0 Å². The fraction of sp³-hybridized carbons (Fsp3) is 0.500. The van der Waals surface area contributed by atoms with Gasteiger partial charge < -0.3 is 9.47 Å². The van der Waals surface area contributed by atoms with Gasteiger partial charge in [-0.1, -0.05) is 6.58 Å². The van der Waals surface area contributed by atoms with Crippen LogP contribution in [0.5, 0.6) is 0 Å². The molecule has 0 spiro atoms. The molecular weight excluding hydrogens is 120 g/mol. The van der Waals surface area contributed by atoms with Crippen molar-refractivity contribution in [3.63, 3.8) is 0 Å². The highest BCUT2D eigenvalue weighted by Crippen LogP contribution is 2.34. The summed E-state index contributed by atoms with van der Waals surface area (Å²) >= 11 is 0. The van der Waals surface area contributed by atoms with Gasteiger partial charge in [-0.3, -0.25) is 0 Å². The number of hydrogen-bond donors (Lipinski definition) is 0. The van der Waals surface area contributed by atoms with Gasteiger partial charge in [0.15, 0.2) is 0 Å². The molecule has 0 N–H and O–H groups in total. The molecule has 1 unspecified atom stereocenters. The molecule has 0 amide bonds. The minimum Gasteiger partial charge on any atom is -0.429 e. The van der Waals surface area contributed by atoms with Crippen molar-refractivity contribution < 1.29 is 14.3 Å². The highest BCUT2D eigenvalue weighted by atomic mass is 16.8. The maximum Gasteiger partial charge on any atom is 0.335 e. The molecule has 2 saturated heterocycles. The predicted molar refractivity (Wildman–Crippen MR) is 28.5 cm³/mol. The summed E-state index contributed by atoms with van der Waals surface area (Å²) < 4.78 is 9.63. The number of fused-ring (bicyclic) bond motifs is 1. The summed E-state index contributed by atoms with van der Waals surface area (Å²) in [6.07, 6.45) is 0.516. The number of ether oxygens (including phenoxy) is 2. The molecule has 2 fully saturated rings. The standard InChI is InChI=1S/C6H6O3/c1-3-2-4-6(8-4)9-5(3)7/h4,6H,1-2H2/t4-,6?/m0/s1. The van der Waals surface area contributed by atoms with Crippen LogP contribution in [0.15, 0.2) is 12.2 Å². The van der Waals surface area contributed by atoms with Crippen molar-refractivity contribution in [1.29, 1.82) is 0 Å². The van der Waals surface area contributed by atoms with Gasteiger partial charge in [0.25, 0.3) is 0 Å². The van der Waals surface area contributed by atoms with Crippen LogP contribution >= 0.6 is 0 Å². The second-order valence-electron chi connectivity index (χ2n) is 2.26. The van der Waals surface area contributed by atoms with Crippen LogP contribution in [0, 0.1) is 0 Å². The van der Waals surface area contributed by atoms with Crippen LogP contribution in [0.25, 0.3) is 0 Å². The highest BCUT2D eigenvalue weighted by Gasteiger charge is 2.47. The normalized spacial score (nSPS) is 39.6. The van der Waals surface area contributed by atoms with E-state index in [-0.39, 0.29) is 18.4 Å². The maximum atomic E-state index is 10.6. The van der Waals surface area contributed by atoms with Gasteiger partial charge in [0, 0.05) is 12.0 Å². The van der Waals surface area contributed by atoms with Crippen LogP contribution in [0.1, 0.15) is 6.42 Å². The summed E-state index contributed by atoms with van der Waals surface area (Å²) in [5, 5.41) is 0. The summed E-state index contributed by atoms with van der Waals surface area (Å²) in [5.74, 6) is -0.311. The fourth-order valence-corrected chi connectivity index (χ4v) is 0.890. The zero-order valence-corrected chi connectivity index (χ0v) is 4.79. The average molecular weight is 126 g/mol. The predicted octanol–water partition coefficient (Wildman–Crippen LogP) is 0.214. The van der Waals surface area contributed by atoms with E-state index in [0.29, 0.717) is 12.0 Å². The van der Waals surface area contributed by atoms with E-state index in [4.69, 9.17) is 9.47 Å². The van der Waals surface area contributed by atoms with Crippen molar-refractivity contribution in [2.24, 2.45) is 0 Å². The lowest BCUT2D eigenvalue weighted by Crippen LogP contribution is -2.18. The molecule has 0 radical (unpaired) electrons. The van der Waals surface area contributed by atoms with Crippen LogP contribution < -0.4 is 0 Å². The second kappa shape index (κ2) is 1.36. The first-order chi connectivity index (χ1) is 4.27. The van der Waals surface area contributed by atoms with Crippen LogP contribution in [0.2, 0.25) is 0 Å². The number of carbonyl (C=O) groups is 1. The Kier molecular flexibility index (Phi) is 0.754. The number of carbonyl (C=O) groups excluding carboxylic acids is 1. The Morgan fingerprint density at radius 1 is 1.67 bits per heavy atom. The lowest BCUT2D eigenvalue weighted by molar-refractivity contribution is -0.144. The first kappa shape index (κ1) is 4.99. The fourth-order valence-electron chi connectivity index (χ4n) is 0.890. The third-order valence-corrected chi connectivity index (χ3v) is 1.50. The van der Waals surface area contributed by atoms with E-state index in [1.165, 1.54) is 0 Å². The van der Waals surface area contributed by atoms with Gasteiger partial charge in [-0.25, -0.2) is 4.79 Å². The van der Waals surface area contributed by atoms with E-state index in [1.807, 2.05) is 0 Å². The lowest BCUT2D eigenvalue weighted by Gasteiger charge is -2.06. The first-order valence-electron chi connectivity index (χ1n) is 2.81. The zero-order valence-electron chi connectivity index (χ0n) is 4.79. The van der Waals surface area contributed by atoms with E-state index in [9.17, 15) is 4.79 Å². The van der Waals surface area contributed by atoms with Crippen molar-refractivity contribution >= 4 is 5.97 Å². The van der Waals surface area contributed by atoms with Gasteiger partial charge >= 0.3 is 5.97 Å². The van der Waals surface area contributed by atoms with E-state index >= 15 is 0 Å². The minimum absolute atomic E-state index is 0.121. The molecule has 3 heteroatoms. The zero-order chi connectivity index (χ0) is 6.43. The van der Waals surface area contributed by atoms with E-state index in [2.05, 4.69) is 6.58 Å². The van der Waals surface area contributed by atoms with Gasteiger partial charge in [0.2, 0.25) is 6.29 Å². The Labute approximate surface area is 52.3 Å². The monoisotopic (exact) mass is 126 g/mol. The summed E-state index contributed by atoms with van der Waals surface area (Å²) in [6.45, 7) is 3.52. The maximum absolute atomic E-state index is 10.6. The van der Waals surface area contributed by atoms with Gasteiger partial charge in [-0.15, -0.1) is 0 Å². The number of epoxide rings is 1. The molecule has 3 nitrogen and oxygen atoms in total. The molecule has 2 atom stereocenters. The summed E-state index contributed by atoms with van der Waals surface area (Å²) in [4.78, 5) is 10.6. The average Bonchev–Trinajstić information content (AvgIpc) is 2.46. The SMILES string of the molecule is C=C1C[C@@H]2OC2OC1=O. The topological polar surface area (TPSA) is 38.8 Å². The Bertz CT molecular complexity index is 165. The van der Waals surface area contributed by atoms with Crippen molar-refractivity contribution in [2.45, 2.75) is 18.8 Å². The smallest absolute Gasteiger partial charge is 0.335 e. The Morgan fingerprint density at radius 3 is 3.11 bits per heavy atom. The van der Waals surface area contributed by atoms with Crippen molar-refractivity contribution in [3.8, 4) is 0 Å². The molecule has 2 aliphatic heterocycles. The lowest BCUT2D eigenvalue weighted by atomic mass is 10.1. The van der Waals surface area contributed by atoms with Crippen LogP contribution in [-0.4, -0.2) is 18.4 Å². The first-order valence-corrected chi connectivity index (χ1v) is 2.81. The third-order valence-electron chi connectivity index (χ3n) is 1.50. The molecule has 0 saturated carbocycles. The Balaban J connectivity index is 2.15. The van der Waals surface area contributed by atoms with E-state index in [0.717, 1.165) is 0 Å². The summed E-state index contributed by atoms with van der Waals surface area (Å²) in [6, 6.07) is 0. The molecular formula is C6H6O3. The highest BCUT2D eigenvalue weighted by molar-refractivity contribution is 5.89. The quantitative estimate of drug-likeness (QED) is 0.264. The third kappa shape index (κ3) is 0.650. The molecule has 2 rings (SSSR count). The molecule has 2 heterocycles. The second-order valence-corrected chi connectivity index (χ2v) is 2.26. The molecule has 48 valence electrons. The van der Waals surface area contributed by atoms with Crippen molar-refractivity contribution in [3.05, 3.63) is 12.2 Å². The molecule has 0 aliphatic carbocycles. The summed E-state index contributed by atoms with van der Waals surface area (Å²) in [7, 11) is 0. The Morgan fingerprint density at radius 2 is 2.44 bits per heavy atom. The number of hydrogen-bond acceptors (Lipinski definition) is 3. The van der Waals surface area contributed by atoms with Crippen molar-refractivity contribution in [2.75, 3.05) is 0 Å². The molecule has 9 heavy (non-hydrogen) atoms. The minimum atomic E-state index is -0.311. The van der Waals surface area contributed by atoms with Crippen molar-refractivity contribution in [1.82, 2.24) is 0 Å². The molecule has 0 aromatic rings.